The number of nitrogens with zero attached hydrogens (tertiary/aromatic N) is 6. The number of benzene rings is 7. The molecule has 6 heterocycles. The molecule has 20 nitrogen and oxygen atoms in total. The summed E-state index contributed by atoms with van der Waals surface area (Å²) in [4.78, 5) is 100. The molecule has 20 heteroatoms. The molecule has 500 valence electrons. The molecule has 0 aromatic heterocycles. The summed E-state index contributed by atoms with van der Waals surface area (Å²) < 4.78 is 21.6. The molecule has 7 aromatic carbocycles. The molecule has 96 heavy (non-hydrogen) atoms. The number of nitrogens with one attached hydrogen (secondary N) is 1. The number of anilines is 5. The van der Waals surface area contributed by atoms with Crippen LogP contribution in [-0.2, 0) is 65.4 Å². The van der Waals surface area contributed by atoms with Gasteiger partial charge in [-0.3, -0.25) is 44.0 Å². The number of carbonyl (C=O) groups is 7. The second-order valence-electron chi connectivity index (χ2n) is 25.7. The van der Waals surface area contributed by atoms with Crippen LogP contribution in [0.3, 0.4) is 0 Å². The first kappa shape index (κ1) is 68.0. The highest BCUT2D eigenvalue weighted by Crippen LogP contribution is 2.35. The highest BCUT2D eigenvalue weighted by atomic mass is 16.6. The molecule has 6 aliphatic rings. The quantitative estimate of drug-likeness (QED) is 0.0505. The molecular weight excluding hydrogens is 1220 g/mol. The fourth-order valence-electron chi connectivity index (χ4n) is 12.8. The first-order valence-corrected chi connectivity index (χ1v) is 33.0. The molecule has 0 atom stereocenters. The van der Waals surface area contributed by atoms with Crippen molar-refractivity contribution in [3.8, 4) is 22.3 Å². The average molecular weight is 1300 g/mol. The zero-order chi connectivity index (χ0) is 67.3. The van der Waals surface area contributed by atoms with Gasteiger partial charge in [-0.15, -0.1) is 0 Å². The van der Waals surface area contributed by atoms with Crippen LogP contribution in [0, 0.1) is 0 Å². The summed E-state index contributed by atoms with van der Waals surface area (Å²) in [5, 5.41) is 11.8. The third kappa shape index (κ3) is 17.5. The van der Waals surface area contributed by atoms with Crippen molar-refractivity contribution < 1.29 is 57.6 Å². The number of aromatic carboxylic acids is 1. The number of carboxylic acid groups (broad SMARTS) is 1. The molecule has 4 amide bonds. The minimum Gasteiger partial charge on any atom is -0.478 e. The third-order valence-corrected chi connectivity index (χ3v) is 18.0. The van der Waals surface area contributed by atoms with E-state index in [2.05, 4.69) is 20.0 Å². The van der Waals surface area contributed by atoms with Gasteiger partial charge in [0.05, 0.1) is 64.5 Å². The summed E-state index contributed by atoms with van der Waals surface area (Å²) in [5.41, 5.74) is 18.9. The molecule has 3 saturated heterocycles. The van der Waals surface area contributed by atoms with E-state index in [1.165, 1.54) is 0 Å². The van der Waals surface area contributed by atoms with Gasteiger partial charge >= 0.3 is 12.1 Å². The summed E-state index contributed by atoms with van der Waals surface area (Å²) in [5.74, 6) is -0.869. The Morgan fingerprint density at radius 3 is 1.24 bits per heavy atom. The van der Waals surface area contributed by atoms with E-state index in [0.29, 0.717) is 60.5 Å². The summed E-state index contributed by atoms with van der Waals surface area (Å²) in [7, 11) is 0. The first-order valence-electron chi connectivity index (χ1n) is 33.0. The van der Waals surface area contributed by atoms with Gasteiger partial charge in [0.15, 0.2) is 11.6 Å². The molecule has 0 bridgehead atoms. The lowest BCUT2D eigenvalue weighted by Gasteiger charge is -2.28. The van der Waals surface area contributed by atoms with Crippen LogP contribution >= 0.6 is 0 Å². The van der Waals surface area contributed by atoms with Crippen molar-refractivity contribution in [3.05, 3.63) is 196 Å². The van der Waals surface area contributed by atoms with E-state index >= 15 is 0 Å². The van der Waals surface area contributed by atoms with Crippen LogP contribution in [-0.4, -0.2) is 185 Å². The van der Waals surface area contributed by atoms with Crippen molar-refractivity contribution in [2.45, 2.75) is 58.5 Å². The molecular formula is C76H84N8O12. The number of amides is 4. The van der Waals surface area contributed by atoms with E-state index in [1.54, 1.807) is 49.9 Å². The average Bonchev–Trinajstić information content (AvgIpc) is 1.62. The number of hydrogen-bond acceptors (Lipinski definition) is 15. The monoisotopic (exact) mass is 1300 g/mol. The molecule has 13 rings (SSSR count). The maximum Gasteiger partial charge on any atom is 0.412 e. The third-order valence-electron chi connectivity index (χ3n) is 18.0. The van der Waals surface area contributed by atoms with Crippen molar-refractivity contribution in [1.82, 2.24) is 14.7 Å². The van der Waals surface area contributed by atoms with Gasteiger partial charge in [-0.2, -0.15) is 0 Å². The number of carboxylic acids is 1. The number of morpholine rings is 3. The maximum absolute atomic E-state index is 13.6. The predicted octanol–water partition coefficient (Wildman–Crippen LogP) is 9.54. The van der Waals surface area contributed by atoms with E-state index in [9.17, 15) is 33.6 Å². The maximum atomic E-state index is 13.6. The van der Waals surface area contributed by atoms with E-state index in [4.69, 9.17) is 29.8 Å². The number of Topliss-reactive ketones (excluding diaryl/α,β-unsaturated/α-hetero) is 2. The molecule has 4 N–H and O–H groups in total. The molecule has 0 aliphatic carbocycles. The number of carbonyl (C=O) groups excluding carboxylic acids is 6. The van der Waals surface area contributed by atoms with Crippen LogP contribution in [0.5, 0.6) is 0 Å². The summed E-state index contributed by atoms with van der Waals surface area (Å²) in [6.07, 6.45) is 0.644. The SMILES string of the molecule is CC(C)(C)OC(=O)Nc1ccc(-c2ccccc2)cc1CC(=O)c1ccc2c(c1)CC(=O)N2CCN1CCOCC1.Nc1ccc(-c2ccccc2)cc1CC(=O)c1ccc2c(c1)CC(=O)N2CCN1CCOCC1.O=C(O)c1ccc2c(c1)CC(=O)N2CCN1CCOCC1. The summed E-state index contributed by atoms with van der Waals surface area (Å²) in [6, 6.07) is 47.5. The lowest BCUT2D eigenvalue weighted by atomic mass is 9.96. The Morgan fingerprint density at radius 2 is 0.833 bits per heavy atom. The van der Waals surface area contributed by atoms with E-state index < -0.39 is 17.7 Å². The van der Waals surface area contributed by atoms with Crippen molar-refractivity contribution in [2.24, 2.45) is 0 Å². The van der Waals surface area contributed by atoms with Crippen molar-refractivity contribution in [1.29, 1.82) is 0 Å². The number of ether oxygens (including phenoxy) is 4. The smallest absolute Gasteiger partial charge is 0.412 e. The minimum absolute atomic E-state index is 0.000993. The van der Waals surface area contributed by atoms with Gasteiger partial charge in [0.25, 0.3) is 0 Å². The van der Waals surface area contributed by atoms with Crippen LogP contribution in [0.25, 0.3) is 22.3 Å². The van der Waals surface area contributed by atoms with Crippen LogP contribution in [0.1, 0.15) is 79.7 Å². The fourth-order valence-corrected chi connectivity index (χ4v) is 12.8. The van der Waals surface area contributed by atoms with Gasteiger partial charge in [-0.25, -0.2) is 9.59 Å². The molecule has 0 radical (unpaired) electrons. The Balaban J connectivity index is 0.000000154. The molecule has 7 aromatic rings. The fraction of sp³-hybridized carbons (Fsp3) is 0.355. The normalized spacial score (nSPS) is 16.4. The van der Waals surface area contributed by atoms with Gasteiger partial charge in [-0.05, 0) is 150 Å². The Morgan fingerprint density at radius 1 is 0.458 bits per heavy atom. The topological polar surface area (TPSA) is 234 Å². The van der Waals surface area contributed by atoms with Gasteiger partial charge in [0.1, 0.15) is 5.60 Å². The summed E-state index contributed by atoms with van der Waals surface area (Å²) >= 11 is 0. The first-order chi connectivity index (χ1) is 46.4. The Labute approximate surface area is 560 Å². The van der Waals surface area contributed by atoms with Crippen LogP contribution in [0.2, 0.25) is 0 Å². The highest BCUT2D eigenvalue weighted by Gasteiger charge is 2.32. The molecule has 6 aliphatic heterocycles. The largest absolute Gasteiger partial charge is 0.478 e. The van der Waals surface area contributed by atoms with Gasteiger partial charge in [0.2, 0.25) is 17.7 Å². The zero-order valence-corrected chi connectivity index (χ0v) is 54.9. The summed E-state index contributed by atoms with van der Waals surface area (Å²) in [6.45, 7) is 19.5. The second-order valence-corrected chi connectivity index (χ2v) is 25.7. The molecule has 0 spiro atoms. The number of hydrogen-bond donors (Lipinski definition) is 3. The molecule has 3 fully saturated rings. The van der Waals surface area contributed by atoms with Crippen LogP contribution < -0.4 is 25.8 Å². The predicted molar refractivity (Wildman–Crippen MR) is 370 cm³/mol. The molecule has 0 saturated carbocycles. The Hall–Kier alpha value is -9.41. The van der Waals surface area contributed by atoms with E-state index in [1.807, 2.05) is 137 Å². The number of nitrogen functional groups attached to an aromatic ring is 1. The van der Waals surface area contributed by atoms with E-state index in [0.717, 1.165) is 160 Å². The lowest BCUT2D eigenvalue weighted by molar-refractivity contribution is -0.118. The van der Waals surface area contributed by atoms with Crippen molar-refractivity contribution in [3.63, 3.8) is 0 Å². The Bertz CT molecular complexity index is 3970. The number of nitrogens with two attached hydrogens (primary N) is 1. The lowest BCUT2D eigenvalue weighted by Crippen LogP contribution is -2.42. The van der Waals surface area contributed by atoms with E-state index in [-0.39, 0.29) is 54.1 Å². The number of fused-ring (bicyclic) bond motifs is 3. The minimum atomic E-state index is -0.961. The van der Waals surface area contributed by atoms with Gasteiger partial charge < -0.3 is 44.5 Å². The standard InChI is InChI=1S/C33H37N3O5.C28H29N3O3.C15H18N2O4/c1-33(2,3)41-32(39)34-28-11-9-24(23-7-5-4-6-8-23)19-26(28)21-30(37)25-10-12-29-27(20-25)22-31(38)36(29)14-13-35-15-17-40-18-16-35;29-25-8-6-21(20-4-2-1-3-5-20)16-23(25)18-27(32)22-7-9-26-24(17-22)19-28(33)31(26)11-10-30-12-14-34-15-13-30;18-14-10-12-9-11(15(19)20)1-2-13(12)17(14)4-3-16-5-7-21-8-6-16/h4-12,19-20H,13-18,21-22H2,1-3H3,(H,34,39);1-9,16-17H,10-15,18-19,29H2;1-2,9H,3-8,10H2,(H,19,20). The van der Waals surface area contributed by atoms with Crippen LogP contribution in [0.15, 0.2) is 152 Å². The van der Waals surface area contributed by atoms with Gasteiger partial charge in [-0.1, -0.05) is 72.8 Å². The zero-order valence-electron chi connectivity index (χ0n) is 54.9. The van der Waals surface area contributed by atoms with Gasteiger partial charge in [0, 0.05) is 131 Å². The van der Waals surface area contributed by atoms with Crippen molar-refractivity contribution in [2.75, 3.05) is 144 Å². The number of rotatable bonds is 19. The second kappa shape index (κ2) is 31.4. The Kier molecular flexibility index (Phi) is 22.3. The highest BCUT2D eigenvalue weighted by molar-refractivity contribution is 6.06. The van der Waals surface area contributed by atoms with Crippen LogP contribution in [0.4, 0.5) is 33.2 Å². The van der Waals surface area contributed by atoms with Crippen molar-refractivity contribution >= 4 is 69.8 Å². The molecule has 0 unspecified atom stereocenters. The number of ketones is 2.